The molecule has 2 fully saturated rings. The van der Waals surface area contributed by atoms with Gasteiger partial charge >= 0.3 is 0 Å². The number of benzene rings is 2. The fourth-order valence-electron chi connectivity index (χ4n) is 4.24. The molecule has 2 heterocycles. The molecule has 2 unspecified atom stereocenters. The van der Waals surface area contributed by atoms with Gasteiger partial charge in [0, 0.05) is 33.0 Å². The fraction of sp³-hybridized carbons (Fsp3) is 0.292. The number of ketones is 1. The van der Waals surface area contributed by atoms with Gasteiger partial charge in [-0.3, -0.25) is 9.69 Å². The average Bonchev–Trinajstić information content (AvgIpc) is 3.04. The lowest BCUT2D eigenvalue weighted by molar-refractivity contribution is -0.114. The zero-order chi connectivity index (χ0) is 19.7. The van der Waals surface area contributed by atoms with E-state index in [4.69, 9.17) is 0 Å². The summed E-state index contributed by atoms with van der Waals surface area (Å²) in [5, 5.41) is 0. The Kier molecular flexibility index (Phi) is 5.81. The second-order valence-electron chi connectivity index (χ2n) is 7.35. The first-order chi connectivity index (χ1) is 13.6. The van der Waals surface area contributed by atoms with E-state index in [9.17, 15) is 4.79 Å². The molecule has 2 aromatic carbocycles. The van der Waals surface area contributed by atoms with Crippen molar-refractivity contribution in [3.63, 3.8) is 0 Å². The number of fused-ring (bicyclic) bond motifs is 2. The maximum absolute atomic E-state index is 13.4. The van der Waals surface area contributed by atoms with Crippen molar-refractivity contribution < 1.29 is 4.79 Å². The Balaban J connectivity index is 1.70. The van der Waals surface area contributed by atoms with Gasteiger partial charge in [0.2, 0.25) is 0 Å². The average molecular weight is 408 g/mol. The van der Waals surface area contributed by atoms with Gasteiger partial charge in [0.25, 0.3) is 0 Å². The lowest BCUT2D eigenvalue weighted by Crippen LogP contribution is -2.43. The summed E-state index contributed by atoms with van der Waals surface area (Å²) in [6.07, 6.45) is 10.4. The van der Waals surface area contributed by atoms with E-state index < -0.39 is 0 Å². The number of carbonyl (C=O) groups excluding carboxylic acids is 1. The predicted molar refractivity (Wildman–Crippen MR) is 122 cm³/mol. The quantitative estimate of drug-likeness (QED) is 0.482. The van der Waals surface area contributed by atoms with Crippen LogP contribution in [0.25, 0.3) is 12.2 Å². The number of rotatable bonds is 4. The summed E-state index contributed by atoms with van der Waals surface area (Å²) >= 11 is 3.47. The van der Waals surface area contributed by atoms with Gasteiger partial charge in [-0.15, -0.1) is 23.5 Å². The van der Waals surface area contributed by atoms with Crippen LogP contribution in [0, 0.1) is 0 Å². The highest BCUT2D eigenvalue weighted by molar-refractivity contribution is 7.98. The molecule has 0 aromatic heterocycles. The Bertz CT molecular complexity index is 853. The van der Waals surface area contributed by atoms with Crippen molar-refractivity contribution >= 4 is 41.5 Å². The molecule has 0 amide bonds. The summed E-state index contributed by atoms with van der Waals surface area (Å²) in [4.78, 5) is 18.3. The van der Waals surface area contributed by atoms with Crippen LogP contribution in [0.3, 0.4) is 0 Å². The van der Waals surface area contributed by atoms with E-state index in [1.165, 1.54) is 9.79 Å². The van der Waals surface area contributed by atoms with Gasteiger partial charge in [-0.2, -0.15) is 0 Å². The number of carbonyl (C=O) groups is 1. The molecule has 2 saturated heterocycles. The first kappa shape index (κ1) is 19.6. The van der Waals surface area contributed by atoms with Crippen LogP contribution >= 0.6 is 23.5 Å². The van der Waals surface area contributed by atoms with Crippen molar-refractivity contribution in [2.45, 2.75) is 34.7 Å². The minimum absolute atomic E-state index is 0.216. The summed E-state index contributed by atoms with van der Waals surface area (Å²) in [5.41, 5.74) is 4.06. The van der Waals surface area contributed by atoms with Crippen molar-refractivity contribution in [2.75, 3.05) is 19.6 Å². The van der Waals surface area contributed by atoms with E-state index >= 15 is 0 Å². The molecule has 0 spiro atoms. The molecule has 144 valence electrons. The van der Waals surface area contributed by atoms with E-state index in [1.807, 2.05) is 0 Å². The molecule has 0 saturated carbocycles. The second-order valence-corrected chi connectivity index (χ2v) is 9.11. The van der Waals surface area contributed by atoms with E-state index in [-0.39, 0.29) is 17.9 Å². The van der Waals surface area contributed by atoms with Crippen LogP contribution in [-0.4, -0.2) is 42.3 Å². The zero-order valence-corrected chi connectivity index (χ0v) is 18.1. The molecule has 2 aromatic rings. The Morgan fingerprint density at radius 2 is 1.18 bits per heavy atom. The molecule has 2 nitrogen and oxygen atoms in total. The maximum atomic E-state index is 13.4. The van der Waals surface area contributed by atoms with Gasteiger partial charge in [-0.05, 0) is 79.9 Å². The monoisotopic (exact) mass is 407 g/mol. The first-order valence-electron chi connectivity index (χ1n) is 9.58. The minimum Gasteiger partial charge on any atom is -0.292 e. The Hall–Kier alpha value is -1.75. The maximum Gasteiger partial charge on any atom is 0.188 e. The van der Waals surface area contributed by atoms with E-state index in [2.05, 4.69) is 85.1 Å². The van der Waals surface area contributed by atoms with Crippen molar-refractivity contribution in [1.82, 2.24) is 4.90 Å². The minimum atomic E-state index is 0.216. The van der Waals surface area contributed by atoms with Crippen molar-refractivity contribution in [3.05, 3.63) is 70.8 Å². The molecule has 28 heavy (non-hydrogen) atoms. The molecule has 0 aliphatic carbocycles. The number of thioether (sulfide) groups is 2. The lowest BCUT2D eigenvalue weighted by Gasteiger charge is -2.34. The molecule has 4 heteroatoms. The van der Waals surface area contributed by atoms with Crippen LogP contribution < -0.4 is 0 Å². The third kappa shape index (κ3) is 3.73. The Morgan fingerprint density at radius 3 is 1.54 bits per heavy atom. The van der Waals surface area contributed by atoms with Gasteiger partial charge in [-0.1, -0.05) is 24.3 Å². The molecular weight excluding hydrogens is 382 g/mol. The third-order valence-electron chi connectivity index (χ3n) is 5.82. The number of likely N-dealkylation sites (N-methyl/N-ethyl adjacent to an activating group) is 1. The van der Waals surface area contributed by atoms with Crippen LogP contribution in [0.4, 0.5) is 0 Å². The van der Waals surface area contributed by atoms with E-state index in [1.54, 1.807) is 23.5 Å². The summed E-state index contributed by atoms with van der Waals surface area (Å²) in [5.74, 6) is 0.216. The highest BCUT2D eigenvalue weighted by Crippen LogP contribution is 2.40. The fourth-order valence-corrected chi connectivity index (χ4v) is 5.06. The molecule has 2 aliphatic heterocycles. The number of piperidine rings is 1. The summed E-state index contributed by atoms with van der Waals surface area (Å²) in [6, 6.07) is 17.4. The zero-order valence-electron chi connectivity index (χ0n) is 16.5. The normalized spacial score (nSPS) is 25.0. The molecule has 2 bridgehead atoms. The predicted octanol–water partition coefficient (Wildman–Crippen LogP) is 5.64. The van der Waals surface area contributed by atoms with Gasteiger partial charge < -0.3 is 0 Å². The van der Waals surface area contributed by atoms with Crippen LogP contribution in [0.5, 0.6) is 0 Å². The SMILES string of the molecule is CSc1ccc(C=C2C(=O)C(=Cc3ccc(SC)cc3)C3CCC2N3C)cc1. The van der Waals surface area contributed by atoms with Crippen molar-refractivity contribution in [3.8, 4) is 0 Å². The topological polar surface area (TPSA) is 20.3 Å². The van der Waals surface area contributed by atoms with Gasteiger partial charge in [0.05, 0.1) is 0 Å². The molecular formula is C24H25NOS2. The largest absolute Gasteiger partial charge is 0.292 e. The van der Waals surface area contributed by atoms with Gasteiger partial charge in [-0.25, -0.2) is 0 Å². The smallest absolute Gasteiger partial charge is 0.188 e. The van der Waals surface area contributed by atoms with Crippen LogP contribution in [0.2, 0.25) is 0 Å². The molecule has 4 rings (SSSR count). The summed E-state index contributed by atoms with van der Waals surface area (Å²) in [7, 11) is 2.16. The summed E-state index contributed by atoms with van der Waals surface area (Å²) in [6.45, 7) is 0. The van der Waals surface area contributed by atoms with Crippen molar-refractivity contribution in [1.29, 1.82) is 0 Å². The second kappa shape index (κ2) is 8.32. The Morgan fingerprint density at radius 1 is 0.786 bits per heavy atom. The molecule has 2 aliphatic rings. The van der Waals surface area contributed by atoms with Crippen LogP contribution in [0.15, 0.2) is 69.5 Å². The van der Waals surface area contributed by atoms with Gasteiger partial charge in [0.15, 0.2) is 5.78 Å². The molecule has 2 atom stereocenters. The number of nitrogens with zero attached hydrogens (tertiary/aromatic N) is 1. The number of Topliss-reactive ketones (excluding diaryl/α,β-unsaturated/α-hetero) is 1. The third-order valence-corrected chi connectivity index (χ3v) is 7.30. The van der Waals surface area contributed by atoms with E-state index in [0.29, 0.717) is 0 Å². The van der Waals surface area contributed by atoms with E-state index in [0.717, 1.165) is 35.1 Å². The summed E-state index contributed by atoms with van der Waals surface area (Å²) < 4.78 is 0. The van der Waals surface area contributed by atoms with Crippen molar-refractivity contribution in [2.24, 2.45) is 0 Å². The van der Waals surface area contributed by atoms with Crippen LogP contribution in [-0.2, 0) is 4.79 Å². The standard InChI is InChI=1S/C24H25NOS2/c1-25-22-12-13-23(25)21(15-17-6-10-19(28-3)11-7-17)24(26)20(22)14-16-4-8-18(27-2)9-5-16/h4-11,14-15,22-23H,12-13H2,1-3H3. The molecule has 0 radical (unpaired) electrons. The van der Waals surface area contributed by atoms with Crippen LogP contribution in [0.1, 0.15) is 24.0 Å². The van der Waals surface area contributed by atoms with Gasteiger partial charge in [0.1, 0.15) is 0 Å². The number of hydrogen-bond acceptors (Lipinski definition) is 4. The highest BCUT2D eigenvalue weighted by atomic mass is 32.2. The number of hydrogen-bond donors (Lipinski definition) is 0. The Labute approximate surface area is 176 Å². The first-order valence-corrected chi connectivity index (χ1v) is 12.0. The highest BCUT2D eigenvalue weighted by Gasteiger charge is 2.44. The molecule has 0 N–H and O–H groups in total. The lowest BCUT2D eigenvalue weighted by atomic mass is 9.88.